The van der Waals surface area contributed by atoms with Crippen LogP contribution >= 0.6 is 0 Å². The predicted octanol–water partition coefficient (Wildman–Crippen LogP) is 1.23. The van der Waals surface area contributed by atoms with E-state index in [1.165, 1.54) is 0 Å². The van der Waals surface area contributed by atoms with Gasteiger partial charge in [-0.3, -0.25) is 4.79 Å². The Hall–Kier alpha value is -1.85. The summed E-state index contributed by atoms with van der Waals surface area (Å²) in [7, 11) is 3.51. The molecule has 0 aromatic carbocycles. The van der Waals surface area contributed by atoms with E-state index >= 15 is 0 Å². The topological polar surface area (TPSA) is 75.4 Å². The summed E-state index contributed by atoms with van der Waals surface area (Å²) in [5.41, 5.74) is 6.78. The van der Waals surface area contributed by atoms with Crippen LogP contribution in [0.1, 0.15) is 31.7 Å². The fraction of sp³-hybridized carbons (Fsp3) is 0.643. The molecular weight excluding hydrogens is 254 g/mol. The quantitative estimate of drug-likeness (QED) is 0.847. The van der Waals surface area contributed by atoms with E-state index in [-0.39, 0.29) is 5.91 Å². The molecule has 0 aliphatic heterocycles. The number of nitrogens with two attached hydrogens (primary N) is 1. The molecule has 1 amide bonds. The minimum Gasteiger partial charge on any atom is -0.383 e. The standard InChI is InChI=1S/C14H25N5O/c1-6-8-19(9-12(20)18(4)5)14-10(3)13(15)16-11(7-2)17-14/h6-9H2,1-5H3,(H2,15,16,17). The van der Waals surface area contributed by atoms with Crippen molar-refractivity contribution in [2.24, 2.45) is 0 Å². The number of anilines is 2. The number of rotatable bonds is 6. The van der Waals surface area contributed by atoms with Gasteiger partial charge in [-0.05, 0) is 13.3 Å². The number of nitrogen functional groups attached to an aromatic ring is 1. The molecule has 0 bridgehead atoms. The Morgan fingerprint density at radius 3 is 2.40 bits per heavy atom. The number of nitrogens with zero attached hydrogens (tertiary/aromatic N) is 4. The average Bonchev–Trinajstić information content (AvgIpc) is 2.41. The largest absolute Gasteiger partial charge is 0.383 e. The molecule has 1 heterocycles. The highest BCUT2D eigenvalue weighted by atomic mass is 16.2. The monoisotopic (exact) mass is 279 g/mol. The highest BCUT2D eigenvalue weighted by Crippen LogP contribution is 2.22. The first-order chi connectivity index (χ1) is 9.40. The summed E-state index contributed by atoms with van der Waals surface area (Å²) in [6.07, 6.45) is 1.66. The van der Waals surface area contributed by atoms with Crippen molar-refractivity contribution in [1.29, 1.82) is 0 Å². The number of carbonyl (C=O) groups excluding carboxylic acids is 1. The summed E-state index contributed by atoms with van der Waals surface area (Å²) < 4.78 is 0. The zero-order valence-corrected chi connectivity index (χ0v) is 13.1. The van der Waals surface area contributed by atoms with Gasteiger partial charge in [0.2, 0.25) is 5.91 Å². The van der Waals surface area contributed by atoms with Crippen LogP contribution in [-0.2, 0) is 11.2 Å². The van der Waals surface area contributed by atoms with Crippen molar-refractivity contribution in [3.05, 3.63) is 11.4 Å². The molecule has 0 fully saturated rings. The summed E-state index contributed by atoms with van der Waals surface area (Å²) in [5.74, 6) is 2.02. The molecule has 20 heavy (non-hydrogen) atoms. The number of amides is 1. The van der Waals surface area contributed by atoms with Crippen molar-refractivity contribution in [3.8, 4) is 0 Å². The Morgan fingerprint density at radius 1 is 1.25 bits per heavy atom. The molecule has 1 aromatic rings. The molecule has 2 N–H and O–H groups in total. The average molecular weight is 279 g/mol. The highest BCUT2D eigenvalue weighted by molar-refractivity contribution is 5.81. The molecular formula is C14H25N5O. The van der Waals surface area contributed by atoms with Crippen molar-refractivity contribution in [1.82, 2.24) is 14.9 Å². The van der Waals surface area contributed by atoms with E-state index in [1.54, 1.807) is 19.0 Å². The van der Waals surface area contributed by atoms with Crippen molar-refractivity contribution in [2.75, 3.05) is 37.8 Å². The van der Waals surface area contributed by atoms with Crippen LogP contribution in [0, 0.1) is 6.92 Å². The number of hydrogen-bond acceptors (Lipinski definition) is 5. The fourth-order valence-electron chi connectivity index (χ4n) is 1.87. The van der Waals surface area contributed by atoms with Gasteiger partial charge in [0.1, 0.15) is 17.5 Å². The molecule has 0 radical (unpaired) electrons. The molecule has 0 aliphatic carbocycles. The summed E-state index contributed by atoms with van der Waals surface area (Å²) in [6.45, 7) is 7.03. The second kappa shape index (κ2) is 7.07. The fourth-order valence-corrected chi connectivity index (χ4v) is 1.87. The normalized spacial score (nSPS) is 10.4. The maximum Gasteiger partial charge on any atom is 0.241 e. The Balaban J connectivity index is 3.13. The molecule has 0 unspecified atom stereocenters. The van der Waals surface area contributed by atoms with Crippen LogP contribution in [-0.4, -0.2) is 48.0 Å². The van der Waals surface area contributed by atoms with Crippen LogP contribution in [0.2, 0.25) is 0 Å². The van der Waals surface area contributed by atoms with Gasteiger partial charge in [-0.1, -0.05) is 13.8 Å². The minimum atomic E-state index is 0.0492. The molecule has 0 saturated carbocycles. The molecule has 6 heteroatoms. The Bertz CT molecular complexity index is 473. The van der Waals surface area contributed by atoms with Crippen LogP contribution in [0.5, 0.6) is 0 Å². The third-order valence-corrected chi connectivity index (χ3v) is 3.14. The summed E-state index contributed by atoms with van der Waals surface area (Å²) >= 11 is 0. The molecule has 0 aliphatic rings. The second-order valence-electron chi connectivity index (χ2n) is 5.04. The summed E-state index contributed by atoms with van der Waals surface area (Å²) in [5, 5.41) is 0. The van der Waals surface area contributed by atoms with Gasteiger partial charge in [-0.2, -0.15) is 0 Å². The van der Waals surface area contributed by atoms with Crippen molar-refractivity contribution < 1.29 is 4.79 Å². The van der Waals surface area contributed by atoms with Crippen LogP contribution in [0.25, 0.3) is 0 Å². The van der Waals surface area contributed by atoms with Crippen molar-refractivity contribution in [3.63, 3.8) is 0 Å². The molecule has 0 saturated heterocycles. The molecule has 1 aromatic heterocycles. The van der Waals surface area contributed by atoms with E-state index in [4.69, 9.17) is 5.73 Å². The van der Waals surface area contributed by atoms with Crippen molar-refractivity contribution in [2.45, 2.75) is 33.6 Å². The highest BCUT2D eigenvalue weighted by Gasteiger charge is 2.18. The van der Waals surface area contributed by atoms with E-state index in [0.29, 0.717) is 18.2 Å². The van der Waals surface area contributed by atoms with Gasteiger partial charge >= 0.3 is 0 Å². The smallest absolute Gasteiger partial charge is 0.241 e. The van der Waals surface area contributed by atoms with E-state index in [1.807, 2.05) is 18.7 Å². The molecule has 0 spiro atoms. The van der Waals surface area contributed by atoms with Crippen LogP contribution in [0.4, 0.5) is 11.6 Å². The van der Waals surface area contributed by atoms with Gasteiger partial charge in [0, 0.05) is 32.6 Å². The molecule has 1 rings (SSSR count). The Kier molecular flexibility index (Phi) is 5.73. The summed E-state index contributed by atoms with van der Waals surface area (Å²) in [6, 6.07) is 0. The first-order valence-corrected chi connectivity index (χ1v) is 6.98. The lowest BCUT2D eigenvalue weighted by Crippen LogP contribution is -2.38. The van der Waals surface area contributed by atoms with E-state index in [0.717, 1.165) is 30.8 Å². The zero-order valence-electron chi connectivity index (χ0n) is 13.1. The first kappa shape index (κ1) is 16.2. The van der Waals surface area contributed by atoms with Gasteiger partial charge in [0.15, 0.2) is 0 Å². The van der Waals surface area contributed by atoms with E-state index in [2.05, 4.69) is 16.9 Å². The van der Waals surface area contributed by atoms with Gasteiger partial charge in [0.05, 0.1) is 6.54 Å². The molecule has 0 atom stereocenters. The predicted molar refractivity (Wildman–Crippen MR) is 81.8 cm³/mol. The zero-order chi connectivity index (χ0) is 15.3. The number of aryl methyl sites for hydroxylation is 1. The van der Waals surface area contributed by atoms with Gasteiger partial charge in [0.25, 0.3) is 0 Å². The SMILES string of the molecule is CCCN(CC(=O)N(C)C)c1nc(CC)nc(N)c1C. The lowest BCUT2D eigenvalue weighted by Gasteiger charge is -2.26. The number of hydrogen-bond donors (Lipinski definition) is 1. The van der Waals surface area contributed by atoms with Gasteiger partial charge in [-0.15, -0.1) is 0 Å². The lowest BCUT2D eigenvalue weighted by molar-refractivity contribution is -0.127. The third kappa shape index (κ3) is 3.82. The Morgan fingerprint density at radius 2 is 1.90 bits per heavy atom. The first-order valence-electron chi connectivity index (χ1n) is 6.98. The molecule has 6 nitrogen and oxygen atoms in total. The maximum absolute atomic E-state index is 12.0. The van der Waals surface area contributed by atoms with Gasteiger partial charge in [-0.25, -0.2) is 9.97 Å². The Labute approximate surface area is 121 Å². The van der Waals surface area contributed by atoms with E-state index < -0.39 is 0 Å². The second-order valence-corrected chi connectivity index (χ2v) is 5.04. The summed E-state index contributed by atoms with van der Waals surface area (Å²) in [4.78, 5) is 24.3. The van der Waals surface area contributed by atoms with Crippen molar-refractivity contribution >= 4 is 17.5 Å². The molecule has 112 valence electrons. The lowest BCUT2D eigenvalue weighted by atomic mass is 10.2. The van der Waals surface area contributed by atoms with Crippen LogP contribution in [0.3, 0.4) is 0 Å². The van der Waals surface area contributed by atoms with Crippen LogP contribution < -0.4 is 10.6 Å². The van der Waals surface area contributed by atoms with E-state index in [9.17, 15) is 4.79 Å². The maximum atomic E-state index is 12.0. The number of aromatic nitrogens is 2. The minimum absolute atomic E-state index is 0.0492. The number of carbonyl (C=O) groups is 1. The number of likely N-dealkylation sites (N-methyl/N-ethyl adjacent to an activating group) is 1. The van der Waals surface area contributed by atoms with Crippen LogP contribution in [0.15, 0.2) is 0 Å². The van der Waals surface area contributed by atoms with Gasteiger partial charge < -0.3 is 15.5 Å². The third-order valence-electron chi connectivity index (χ3n) is 3.14.